The molecule has 0 N–H and O–H groups in total. The minimum absolute atomic E-state index is 0.299. The van der Waals surface area contributed by atoms with Gasteiger partial charge in [-0.05, 0) is 65.7 Å². The highest BCUT2D eigenvalue weighted by Gasteiger charge is 2.16. The Bertz CT molecular complexity index is 1710. The van der Waals surface area contributed by atoms with Crippen molar-refractivity contribution in [3.63, 3.8) is 0 Å². The van der Waals surface area contributed by atoms with Crippen molar-refractivity contribution in [1.82, 2.24) is 14.5 Å². The Morgan fingerprint density at radius 3 is 2.40 bits per heavy atom. The van der Waals surface area contributed by atoms with Crippen LogP contribution in [-0.2, 0) is 0 Å². The smallest absolute Gasteiger partial charge is 0.219 e. The lowest BCUT2D eigenvalue weighted by molar-refractivity contribution is 0.458. The predicted molar refractivity (Wildman–Crippen MR) is 128 cm³/mol. The van der Waals surface area contributed by atoms with Gasteiger partial charge >= 0.3 is 0 Å². The number of hydrogen-bond donors (Lipinski definition) is 0. The van der Waals surface area contributed by atoms with Gasteiger partial charge in [-0.1, -0.05) is 24.3 Å². The van der Waals surface area contributed by atoms with Crippen molar-refractivity contribution in [3.05, 3.63) is 115 Å². The lowest BCUT2D eigenvalue weighted by Gasteiger charge is -2.10. The maximum absolute atomic E-state index is 14.5. The van der Waals surface area contributed by atoms with Crippen LogP contribution in [0.15, 0.2) is 97.2 Å². The van der Waals surface area contributed by atoms with E-state index in [4.69, 9.17) is 4.74 Å². The van der Waals surface area contributed by atoms with E-state index in [0.29, 0.717) is 45.0 Å². The summed E-state index contributed by atoms with van der Waals surface area (Å²) in [6.07, 6.45) is 1.59. The van der Waals surface area contributed by atoms with Crippen LogP contribution in [0.2, 0.25) is 0 Å². The molecule has 0 bridgehead atoms. The van der Waals surface area contributed by atoms with Crippen molar-refractivity contribution in [2.75, 3.05) is 0 Å². The minimum Gasteiger partial charge on any atom is -0.439 e. The Balaban J connectivity index is 1.55. The summed E-state index contributed by atoms with van der Waals surface area (Å²) < 4.78 is 50.1. The summed E-state index contributed by atoms with van der Waals surface area (Å²) in [6.45, 7) is 0. The number of hydrogen-bond acceptors (Lipinski definition) is 3. The Morgan fingerprint density at radius 2 is 1.57 bits per heavy atom. The molecule has 0 aliphatic carbocycles. The second-order valence-electron chi connectivity index (χ2n) is 7.99. The quantitative estimate of drug-likeness (QED) is 0.253. The number of aromatic nitrogens is 3. The molecule has 35 heavy (non-hydrogen) atoms. The van der Waals surface area contributed by atoms with Crippen LogP contribution in [0.5, 0.6) is 11.6 Å². The fourth-order valence-corrected chi connectivity index (χ4v) is 4.26. The maximum atomic E-state index is 14.5. The van der Waals surface area contributed by atoms with Crippen molar-refractivity contribution in [2.45, 2.75) is 0 Å². The molecular weight excluding hydrogens is 451 g/mol. The Morgan fingerprint density at radius 1 is 0.657 bits per heavy atom. The largest absolute Gasteiger partial charge is 0.439 e. The second-order valence-corrected chi connectivity index (χ2v) is 7.99. The maximum Gasteiger partial charge on any atom is 0.219 e. The highest BCUT2D eigenvalue weighted by Crippen LogP contribution is 2.36. The SMILES string of the molecule is Fc1cc(Oc2ccccn2)cc(-c2ccc3c4cc(F)ccc4n(-c4cccc(F)n4)c3c2)c1. The number of benzene rings is 3. The first-order valence-corrected chi connectivity index (χ1v) is 10.8. The van der Waals surface area contributed by atoms with Gasteiger partial charge in [0.2, 0.25) is 11.8 Å². The van der Waals surface area contributed by atoms with E-state index in [-0.39, 0.29) is 5.82 Å². The number of ether oxygens (including phenoxy) is 1. The molecule has 0 spiro atoms. The predicted octanol–water partition coefficient (Wildman–Crippen LogP) is 7.45. The molecule has 6 aromatic rings. The molecule has 3 heterocycles. The summed E-state index contributed by atoms with van der Waals surface area (Å²) in [5.74, 6) is -0.478. The van der Waals surface area contributed by atoms with E-state index in [9.17, 15) is 13.2 Å². The van der Waals surface area contributed by atoms with Gasteiger partial charge in [0.05, 0.1) is 11.0 Å². The van der Waals surface area contributed by atoms with Gasteiger partial charge in [0.15, 0.2) is 0 Å². The van der Waals surface area contributed by atoms with Gasteiger partial charge in [0.1, 0.15) is 23.2 Å². The molecule has 7 heteroatoms. The summed E-state index contributed by atoms with van der Waals surface area (Å²) in [4.78, 5) is 8.15. The van der Waals surface area contributed by atoms with Crippen LogP contribution in [0.3, 0.4) is 0 Å². The third-order valence-corrected chi connectivity index (χ3v) is 5.72. The van der Waals surface area contributed by atoms with Crippen molar-refractivity contribution >= 4 is 21.8 Å². The fraction of sp³-hybridized carbons (Fsp3) is 0. The molecule has 0 unspecified atom stereocenters. The molecule has 0 atom stereocenters. The van der Waals surface area contributed by atoms with Crippen LogP contribution in [0.25, 0.3) is 38.8 Å². The molecular formula is C28H16F3N3O. The molecule has 0 aliphatic heterocycles. The molecule has 0 amide bonds. The zero-order valence-corrected chi connectivity index (χ0v) is 18.1. The molecule has 0 radical (unpaired) electrons. The second kappa shape index (κ2) is 8.29. The van der Waals surface area contributed by atoms with Gasteiger partial charge in [-0.15, -0.1) is 0 Å². The van der Waals surface area contributed by atoms with Crippen LogP contribution < -0.4 is 4.74 Å². The van der Waals surface area contributed by atoms with E-state index in [0.717, 1.165) is 5.39 Å². The van der Waals surface area contributed by atoms with E-state index in [2.05, 4.69) is 9.97 Å². The third kappa shape index (κ3) is 3.87. The summed E-state index contributed by atoms with van der Waals surface area (Å²) >= 11 is 0. The standard InChI is InChI=1S/C28H16F3N3O/c29-19-8-10-24-23(16-19)22-9-7-17(14-25(22)34(24)27-5-3-4-26(31)33-27)18-12-20(30)15-21(13-18)35-28-6-1-2-11-32-28/h1-16H. The van der Waals surface area contributed by atoms with Gasteiger partial charge in [-0.25, -0.2) is 18.7 Å². The van der Waals surface area contributed by atoms with E-state index in [1.165, 1.54) is 30.3 Å². The van der Waals surface area contributed by atoms with Gasteiger partial charge in [-0.3, -0.25) is 4.57 Å². The summed E-state index contributed by atoms with van der Waals surface area (Å²) in [6, 6.07) is 24.1. The number of nitrogens with zero attached hydrogens (tertiary/aromatic N) is 3. The normalized spacial score (nSPS) is 11.3. The first kappa shape index (κ1) is 20.9. The highest BCUT2D eigenvalue weighted by molar-refractivity contribution is 6.10. The van der Waals surface area contributed by atoms with Gasteiger partial charge in [0.25, 0.3) is 0 Å². The lowest BCUT2D eigenvalue weighted by atomic mass is 10.0. The topological polar surface area (TPSA) is 39.9 Å². The van der Waals surface area contributed by atoms with Crippen LogP contribution in [0.4, 0.5) is 13.2 Å². The average Bonchev–Trinajstić information content (AvgIpc) is 3.17. The van der Waals surface area contributed by atoms with Crippen molar-refractivity contribution < 1.29 is 17.9 Å². The lowest BCUT2D eigenvalue weighted by Crippen LogP contribution is -1.98. The zero-order valence-electron chi connectivity index (χ0n) is 18.1. The molecule has 3 aromatic carbocycles. The number of rotatable bonds is 4. The number of pyridine rings is 2. The van der Waals surface area contributed by atoms with Gasteiger partial charge in [0, 0.05) is 29.1 Å². The Kier molecular flexibility index (Phi) is 4.95. The van der Waals surface area contributed by atoms with E-state index < -0.39 is 11.8 Å². The summed E-state index contributed by atoms with van der Waals surface area (Å²) in [7, 11) is 0. The van der Waals surface area contributed by atoms with Crippen molar-refractivity contribution in [2.24, 2.45) is 0 Å². The molecule has 4 nitrogen and oxygen atoms in total. The summed E-state index contributed by atoms with van der Waals surface area (Å²) in [5.41, 5.74) is 2.63. The van der Waals surface area contributed by atoms with Crippen LogP contribution >= 0.6 is 0 Å². The molecule has 3 aromatic heterocycles. The van der Waals surface area contributed by atoms with E-state index in [1.807, 2.05) is 18.2 Å². The first-order valence-electron chi connectivity index (χ1n) is 10.8. The Hall–Kier alpha value is -4.65. The molecule has 0 saturated heterocycles. The molecule has 0 saturated carbocycles. The van der Waals surface area contributed by atoms with E-state index in [1.54, 1.807) is 53.2 Å². The average molecular weight is 467 g/mol. The first-order chi connectivity index (χ1) is 17.0. The van der Waals surface area contributed by atoms with Crippen molar-refractivity contribution in [1.29, 1.82) is 0 Å². The molecule has 6 rings (SSSR count). The number of fused-ring (bicyclic) bond motifs is 3. The Labute approximate surface area is 197 Å². The monoisotopic (exact) mass is 467 g/mol. The summed E-state index contributed by atoms with van der Waals surface area (Å²) in [5, 5.41) is 1.42. The fourth-order valence-electron chi connectivity index (χ4n) is 4.26. The zero-order chi connectivity index (χ0) is 23.9. The van der Waals surface area contributed by atoms with Crippen LogP contribution in [0, 0.1) is 17.6 Å². The van der Waals surface area contributed by atoms with Gasteiger partial charge < -0.3 is 4.74 Å². The van der Waals surface area contributed by atoms with Crippen LogP contribution in [0.1, 0.15) is 0 Å². The molecule has 0 fully saturated rings. The highest BCUT2D eigenvalue weighted by atomic mass is 19.1. The third-order valence-electron chi connectivity index (χ3n) is 5.72. The number of halogens is 3. The van der Waals surface area contributed by atoms with Crippen LogP contribution in [-0.4, -0.2) is 14.5 Å². The molecule has 170 valence electrons. The van der Waals surface area contributed by atoms with Gasteiger partial charge in [-0.2, -0.15) is 4.39 Å². The molecule has 0 aliphatic rings. The van der Waals surface area contributed by atoms with E-state index >= 15 is 0 Å². The van der Waals surface area contributed by atoms with Crippen molar-refractivity contribution in [3.8, 4) is 28.6 Å². The minimum atomic E-state index is -0.628.